The van der Waals surface area contributed by atoms with E-state index in [1.54, 1.807) is 0 Å². The van der Waals surface area contributed by atoms with E-state index in [0.29, 0.717) is 12.1 Å². The topological polar surface area (TPSA) is 104 Å². The Morgan fingerprint density at radius 3 is 2.79 bits per heavy atom. The maximum absolute atomic E-state index is 14.5. The van der Waals surface area contributed by atoms with Gasteiger partial charge in [-0.2, -0.15) is 4.31 Å². The first kappa shape index (κ1) is 20.0. The van der Waals surface area contributed by atoms with Crippen LogP contribution in [0.1, 0.15) is 35.4 Å². The lowest BCUT2D eigenvalue weighted by molar-refractivity contribution is 0.102. The molecule has 3 rings (SSSR count). The molecule has 3 N–H and O–H groups in total. The van der Waals surface area contributed by atoms with Gasteiger partial charge in [0.15, 0.2) is 5.25 Å². The molecule has 0 spiro atoms. The maximum Gasteiger partial charge on any atom is 0.274 e. The molecule has 1 aromatic heterocycles. The monoisotopic (exact) mass is 407 g/mol. The third-order valence-electron chi connectivity index (χ3n) is 4.46. The van der Waals surface area contributed by atoms with Gasteiger partial charge in [0.05, 0.1) is 24.6 Å². The lowest BCUT2D eigenvalue weighted by Gasteiger charge is -2.39. The van der Waals surface area contributed by atoms with Gasteiger partial charge in [-0.1, -0.05) is 6.92 Å². The molecule has 28 heavy (non-hydrogen) atoms. The molecule has 1 aliphatic heterocycles. The molecule has 1 aliphatic rings. The van der Waals surface area contributed by atoms with Crippen molar-refractivity contribution in [3.63, 3.8) is 0 Å². The number of benzene rings is 1. The number of nitrogens with zero attached hydrogens (tertiary/aromatic N) is 2. The van der Waals surface area contributed by atoms with Gasteiger partial charge in [-0.3, -0.25) is 10.2 Å². The first-order valence-corrected chi connectivity index (χ1v) is 9.70. The number of hydrogen-bond acceptors (Lipinski definition) is 4. The fourth-order valence-corrected chi connectivity index (χ4v) is 4.33. The molecule has 1 saturated heterocycles. The zero-order chi connectivity index (χ0) is 20.4. The molecule has 148 valence electrons. The van der Waals surface area contributed by atoms with Crippen LogP contribution in [0.4, 0.5) is 14.5 Å². The Morgan fingerprint density at radius 2 is 2.14 bits per heavy atom. The molecule has 7 nitrogen and oxygen atoms in total. The normalized spacial score (nSPS) is 22.0. The molecule has 3 unspecified atom stereocenters. The molecule has 1 aromatic carbocycles. The fraction of sp³-hybridized carbons (Fsp3) is 0.278. The molecule has 1 amide bonds. The van der Waals surface area contributed by atoms with Crippen LogP contribution < -0.4 is 10.6 Å². The zero-order valence-electron chi connectivity index (χ0n) is 15.2. The van der Waals surface area contributed by atoms with Gasteiger partial charge in [0, 0.05) is 11.3 Å². The number of amides is 1. The quantitative estimate of drug-likeness (QED) is 0.676. The van der Waals surface area contributed by atoms with Crippen molar-refractivity contribution in [1.29, 1.82) is 5.41 Å². The van der Waals surface area contributed by atoms with E-state index in [0.717, 1.165) is 12.3 Å². The van der Waals surface area contributed by atoms with Gasteiger partial charge in [0.25, 0.3) is 5.91 Å². The number of guanidine groups is 1. The van der Waals surface area contributed by atoms with Crippen LogP contribution in [0.2, 0.25) is 0 Å². The van der Waals surface area contributed by atoms with Crippen LogP contribution in [0.3, 0.4) is 0 Å². The minimum absolute atomic E-state index is 0.0130. The largest absolute Gasteiger partial charge is 0.593 e. The van der Waals surface area contributed by atoms with E-state index < -0.39 is 40.2 Å². The number of nitrogens with one attached hydrogen (secondary N) is 3. The van der Waals surface area contributed by atoms with Crippen LogP contribution in [0.15, 0.2) is 36.5 Å². The molecule has 0 radical (unpaired) electrons. The number of hydrogen-bond donors (Lipinski definition) is 3. The standard InChI is InChI=1S/C18H19F2N5O2S/c1-3-15-16(24-18(21)25(2)28(15)27)12-8-11(5-6-13(12)20)23-17(26)14-7-4-10(19)9-22-14/h4-9,15-16H,3H2,1-2H3,(H2,21,24)(H,23,26). The van der Waals surface area contributed by atoms with Crippen molar-refractivity contribution >= 4 is 28.9 Å². The molecular formula is C18H19F2N5O2S. The molecule has 2 heterocycles. The molecular weight excluding hydrogens is 388 g/mol. The summed E-state index contributed by atoms with van der Waals surface area (Å²) in [7, 11) is 1.53. The van der Waals surface area contributed by atoms with Crippen LogP contribution in [0, 0.1) is 17.0 Å². The van der Waals surface area contributed by atoms with E-state index in [1.165, 1.54) is 35.6 Å². The van der Waals surface area contributed by atoms with Gasteiger partial charge in [-0.05, 0) is 36.8 Å². The van der Waals surface area contributed by atoms with Crippen LogP contribution in [0.25, 0.3) is 0 Å². The van der Waals surface area contributed by atoms with Gasteiger partial charge in [0.2, 0.25) is 5.96 Å². The van der Waals surface area contributed by atoms with E-state index in [9.17, 15) is 18.1 Å². The number of halogens is 2. The highest BCUT2D eigenvalue weighted by Crippen LogP contribution is 2.33. The minimum Gasteiger partial charge on any atom is -0.593 e. The molecule has 1 fully saturated rings. The second-order valence-electron chi connectivity index (χ2n) is 6.24. The summed E-state index contributed by atoms with van der Waals surface area (Å²) in [5.41, 5.74) is 0.516. The smallest absolute Gasteiger partial charge is 0.274 e. The minimum atomic E-state index is -1.49. The maximum atomic E-state index is 14.5. The number of carbonyl (C=O) groups excluding carboxylic acids is 1. The molecule has 0 aliphatic carbocycles. The summed E-state index contributed by atoms with van der Waals surface area (Å²) in [6.07, 6.45) is 1.43. The van der Waals surface area contributed by atoms with E-state index in [2.05, 4.69) is 15.6 Å². The summed E-state index contributed by atoms with van der Waals surface area (Å²) in [5.74, 6) is -1.74. The Morgan fingerprint density at radius 1 is 1.39 bits per heavy atom. The summed E-state index contributed by atoms with van der Waals surface area (Å²) in [6.45, 7) is 1.84. The Labute approximate surface area is 164 Å². The predicted octanol–water partition coefficient (Wildman–Crippen LogP) is 2.57. The van der Waals surface area contributed by atoms with E-state index >= 15 is 0 Å². The predicted molar refractivity (Wildman–Crippen MR) is 102 cm³/mol. The van der Waals surface area contributed by atoms with Crippen LogP contribution in [-0.2, 0) is 11.4 Å². The highest BCUT2D eigenvalue weighted by molar-refractivity contribution is 7.90. The first-order chi connectivity index (χ1) is 13.3. The van der Waals surface area contributed by atoms with Gasteiger partial charge < -0.3 is 15.2 Å². The molecule has 10 heteroatoms. The van der Waals surface area contributed by atoms with E-state index in [4.69, 9.17) is 5.41 Å². The average Bonchev–Trinajstić information content (AvgIpc) is 2.68. The first-order valence-electron chi connectivity index (χ1n) is 8.53. The molecule has 0 bridgehead atoms. The average molecular weight is 407 g/mol. The van der Waals surface area contributed by atoms with E-state index in [-0.39, 0.29) is 17.2 Å². The summed E-state index contributed by atoms with van der Waals surface area (Å²) in [5, 5.41) is 13.0. The number of rotatable bonds is 4. The van der Waals surface area contributed by atoms with Crippen molar-refractivity contribution in [3.05, 3.63) is 59.4 Å². The Bertz CT molecular complexity index is 896. The lowest BCUT2D eigenvalue weighted by Crippen LogP contribution is -2.57. The lowest BCUT2D eigenvalue weighted by atomic mass is 10.00. The molecule has 3 atom stereocenters. The zero-order valence-corrected chi connectivity index (χ0v) is 16.0. The highest BCUT2D eigenvalue weighted by atomic mass is 32.2. The third-order valence-corrected chi connectivity index (χ3v) is 6.31. The third kappa shape index (κ3) is 3.92. The number of aromatic nitrogens is 1. The van der Waals surface area contributed by atoms with Gasteiger partial charge in [-0.15, -0.1) is 0 Å². The second kappa shape index (κ2) is 8.11. The van der Waals surface area contributed by atoms with Crippen LogP contribution in [0.5, 0.6) is 0 Å². The fourth-order valence-electron chi connectivity index (χ4n) is 2.96. The van der Waals surface area contributed by atoms with Crippen molar-refractivity contribution in [2.45, 2.75) is 24.6 Å². The molecule has 2 aromatic rings. The van der Waals surface area contributed by atoms with Gasteiger partial charge in [0.1, 0.15) is 23.4 Å². The van der Waals surface area contributed by atoms with Crippen molar-refractivity contribution < 1.29 is 18.1 Å². The van der Waals surface area contributed by atoms with Crippen molar-refractivity contribution in [1.82, 2.24) is 14.6 Å². The summed E-state index contributed by atoms with van der Waals surface area (Å²) >= 11 is -1.49. The van der Waals surface area contributed by atoms with Crippen molar-refractivity contribution in [2.24, 2.45) is 0 Å². The van der Waals surface area contributed by atoms with Gasteiger partial charge >= 0.3 is 0 Å². The van der Waals surface area contributed by atoms with Crippen LogP contribution in [-0.4, -0.2) is 38.0 Å². The number of anilines is 1. The summed E-state index contributed by atoms with van der Waals surface area (Å²) in [4.78, 5) is 16.0. The highest BCUT2D eigenvalue weighted by Gasteiger charge is 2.43. The second-order valence-corrected chi connectivity index (χ2v) is 7.95. The van der Waals surface area contributed by atoms with E-state index in [1.807, 2.05) is 6.92 Å². The molecule has 0 saturated carbocycles. The van der Waals surface area contributed by atoms with Gasteiger partial charge in [-0.25, -0.2) is 13.8 Å². The summed E-state index contributed by atoms with van der Waals surface area (Å²) in [6, 6.07) is 5.70. The number of pyridine rings is 1. The summed E-state index contributed by atoms with van der Waals surface area (Å²) < 4.78 is 41.3. The van der Waals surface area contributed by atoms with Crippen LogP contribution >= 0.6 is 0 Å². The number of carbonyl (C=O) groups is 1. The Kier molecular flexibility index (Phi) is 5.80. The Balaban J connectivity index is 1.87. The SMILES string of the molecule is CCC1C(c2cc(NC(=O)c3ccc(F)cn3)ccc2F)NC(=N)N(C)[S+]1[O-]. The Hall–Kier alpha value is -2.72. The van der Waals surface area contributed by atoms with Crippen molar-refractivity contribution in [3.8, 4) is 0 Å². The van der Waals surface area contributed by atoms with Crippen molar-refractivity contribution in [2.75, 3.05) is 12.4 Å².